The van der Waals surface area contributed by atoms with Gasteiger partial charge in [0.25, 0.3) is 0 Å². The number of alkyl halides is 1. The quantitative estimate of drug-likeness (QED) is 0.781. The van der Waals surface area contributed by atoms with Crippen molar-refractivity contribution in [2.75, 3.05) is 5.33 Å². The summed E-state index contributed by atoms with van der Waals surface area (Å²) in [5, 5.41) is 0.951. The highest BCUT2D eigenvalue weighted by atomic mass is 79.9. The Morgan fingerprint density at radius 2 is 2.17 bits per heavy atom. The topological polar surface area (TPSA) is 28.7 Å². The predicted molar refractivity (Wildman–Crippen MR) is 53.6 cm³/mol. The number of aromatic amines is 1. The molecule has 0 amide bonds. The Morgan fingerprint density at radius 1 is 1.33 bits per heavy atom. The Morgan fingerprint density at radius 3 is 2.92 bits per heavy atom. The van der Waals surface area contributed by atoms with Gasteiger partial charge in [-0.3, -0.25) is 0 Å². The van der Waals surface area contributed by atoms with Gasteiger partial charge >= 0.3 is 0 Å². The van der Waals surface area contributed by atoms with E-state index >= 15 is 0 Å². The third-order valence-electron chi connectivity index (χ3n) is 1.77. The van der Waals surface area contributed by atoms with Crippen LogP contribution in [0.3, 0.4) is 0 Å². The SMILES string of the molecule is BrCCc1nc2ccccc2[nH]1. The van der Waals surface area contributed by atoms with E-state index in [4.69, 9.17) is 0 Å². The first-order valence-corrected chi connectivity index (χ1v) is 5.02. The van der Waals surface area contributed by atoms with Crippen molar-refractivity contribution in [3.8, 4) is 0 Å². The van der Waals surface area contributed by atoms with Gasteiger partial charge in [0.1, 0.15) is 5.82 Å². The summed E-state index contributed by atoms with van der Waals surface area (Å²) < 4.78 is 0. The molecule has 0 aliphatic carbocycles. The second-order valence-corrected chi connectivity index (χ2v) is 3.43. The third-order valence-corrected chi connectivity index (χ3v) is 2.17. The maximum atomic E-state index is 4.42. The van der Waals surface area contributed by atoms with Crippen molar-refractivity contribution in [3.63, 3.8) is 0 Å². The number of nitrogens with one attached hydrogen (secondary N) is 1. The fourth-order valence-electron chi connectivity index (χ4n) is 1.21. The Balaban J connectivity index is 2.47. The molecule has 62 valence electrons. The lowest BCUT2D eigenvalue weighted by Crippen LogP contribution is -1.86. The van der Waals surface area contributed by atoms with Crippen molar-refractivity contribution in [3.05, 3.63) is 30.1 Å². The molecule has 0 saturated carbocycles. The number of para-hydroxylation sites is 2. The minimum Gasteiger partial charge on any atom is -0.342 e. The van der Waals surface area contributed by atoms with E-state index in [1.165, 1.54) is 0 Å². The average molecular weight is 225 g/mol. The number of hydrogen-bond acceptors (Lipinski definition) is 1. The maximum absolute atomic E-state index is 4.42. The molecule has 0 radical (unpaired) electrons. The fourth-order valence-corrected chi connectivity index (χ4v) is 1.59. The fraction of sp³-hybridized carbons (Fsp3) is 0.222. The molecule has 1 heterocycles. The summed E-state index contributed by atoms with van der Waals surface area (Å²) in [6, 6.07) is 8.07. The molecule has 0 aliphatic heterocycles. The second kappa shape index (κ2) is 3.27. The van der Waals surface area contributed by atoms with Crippen LogP contribution in [0.15, 0.2) is 24.3 Å². The van der Waals surface area contributed by atoms with Gasteiger partial charge in [-0.2, -0.15) is 0 Å². The van der Waals surface area contributed by atoms with Crippen molar-refractivity contribution >= 4 is 27.0 Å². The number of H-pyrrole nitrogens is 1. The minimum atomic E-state index is 0.951. The molecule has 0 bridgehead atoms. The zero-order valence-corrected chi connectivity index (χ0v) is 8.13. The van der Waals surface area contributed by atoms with Crippen LogP contribution >= 0.6 is 15.9 Å². The third kappa shape index (κ3) is 1.37. The highest BCUT2D eigenvalue weighted by Crippen LogP contribution is 2.10. The smallest absolute Gasteiger partial charge is 0.108 e. The molecule has 0 saturated heterocycles. The molecule has 0 atom stereocenters. The molecule has 0 unspecified atom stereocenters. The number of hydrogen-bond donors (Lipinski definition) is 1. The summed E-state index contributed by atoms with van der Waals surface area (Å²) in [5.41, 5.74) is 2.17. The summed E-state index contributed by atoms with van der Waals surface area (Å²) in [5.74, 6) is 1.05. The number of halogens is 1. The Hall–Kier alpha value is -0.830. The normalized spacial score (nSPS) is 10.8. The largest absolute Gasteiger partial charge is 0.342 e. The summed E-state index contributed by atoms with van der Waals surface area (Å²) in [4.78, 5) is 7.67. The van der Waals surface area contributed by atoms with Crippen molar-refractivity contribution < 1.29 is 0 Å². The van der Waals surface area contributed by atoms with Crippen LogP contribution in [0.5, 0.6) is 0 Å². The van der Waals surface area contributed by atoms with Gasteiger partial charge in [-0.15, -0.1) is 0 Å². The molecule has 0 fully saturated rings. The zero-order valence-electron chi connectivity index (χ0n) is 6.55. The van der Waals surface area contributed by atoms with Crippen LogP contribution in [-0.2, 0) is 6.42 Å². The van der Waals surface area contributed by atoms with E-state index in [1.807, 2.05) is 24.3 Å². The maximum Gasteiger partial charge on any atom is 0.108 e. The van der Waals surface area contributed by atoms with Gasteiger partial charge in [-0.05, 0) is 12.1 Å². The molecular weight excluding hydrogens is 216 g/mol. The Labute approximate surface area is 79.1 Å². The van der Waals surface area contributed by atoms with Crippen LogP contribution in [0.2, 0.25) is 0 Å². The summed E-state index contributed by atoms with van der Waals surface area (Å²) in [6.07, 6.45) is 0.953. The Bertz CT molecular complexity index is 348. The number of aryl methyl sites for hydroxylation is 1. The molecule has 2 rings (SSSR count). The summed E-state index contributed by atoms with van der Waals surface area (Å²) in [7, 11) is 0. The molecule has 0 aliphatic rings. The molecule has 1 aromatic carbocycles. The number of nitrogens with zero attached hydrogens (tertiary/aromatic N) is 1. The van der Waals surface area contributed by atoms with Gasteiger partial charge in [-0.25, -0.2) is 4.98 Å². The molecule has 12 heavy (non-hydrogen) atoms. The van der Waals surface area contributed by atoms with E-state index in [1.54, 1.807) is 0 Å². The van der Waals surface area contributed by atoms with E-state index in [9.17, 15) is 0 Å². The van der Waals surface area contributed by atoms with Gasteiger partial charge in [-0.1, -0.05) is 28.1 Å². The zero-order chi connectivity index (χ0) is 8.39. The van der Waals surface area contributed by atoms with Crippen molar-refractivity contribution in [1.29, 1.82) is 0 Å². The number of aromatic nitrogens is 2. The summed E-state index contributed by atoms with van der Waals surface area (Å²) >= 11 is 3.38. The standard InChI is InChI=1S/C9H9BrN2/c10-6-5-9-11-7-3-1-2-4-8(7)12-9/h1-4H,5-6H2,(H,11,12). The molecule has 2 nitrogen and oxygen atoms in total. The highest BCUT2D eigenvalue weighted by molar-refractivity contribution is 9.09. The monoisotopic (exact) mass is 224 g/mol. The molecule has 0 spiro atoms. The van der Waals surface area contributed by atoms with Gasteiger partial charge in [0.2, 0.25) is 0 Å². The van der Waals surface area contributed by atoms with E-state index in [2.05, 4.69) is 25.9 Å². The van der Waals surface area contributed by atoms with Crippen LogP contribution in [0, 0.1) is 0 Å². The lowest BCUT2D eigenvalue weighted by Gasteiger charge is -1.85. The first-order valence-electron chi connectivity index (χ1n) is 3.90. The van der Waals surface area contributed by atoms with E-state index in [-0.39, 0.29) is 0 Å². The van der Waals surface area contributed by atoms with Crippen molar-refractivity contribution in [2.45, 2.75) is 6.42 Å². The second-order valence-electron chi connectivity index (χ2n) is 2.64. The number of fused-ring (bicyclic) bond motifs is 1. The first-order chi connectivity index (χ1) is 5.90. The molecular formula is C9H9BrN2. The molecule has 3 heteroatoms. The summed E-state index contributed by atoms with van der Waals surface area (Å²) in [6.45, 7) is 0. The lowest BCUT2D eigenvalue weighted by molar-refractivity contribution is 1.02. The van der Waals surface area contributed by atoms with Gasteiger partial charge in [0, 0.05) is 11.8 Å². The predicted octanol–water partition coefficient (Wildman–Crippen LogP) is 2.50. The highest BCUT2D eigenvalue weighted by Gasteiger charge is 1.99. The van der Waals surface area contributed by atoms with E-state index in [0.717, 1.165) is 28.6 Å². The van der Waals surface area contributed by atoms with Crippen LogP contribution in [0.4, 0.5) is 0 Å². The van der Waals surface area contributed by atoms with E-state index in [0.29, 0.717) is 0 Å². The van der Waals surface area contributed by atoms with Gasteiger partial charge < -0.3 is 4.98 Å². The Kier molecular flexibility index (Phi) is 2.13. The number of benzene rings is 1. The van der Waals surface area contributed by atoms with Gasteiger partial charge in [0.15, 0.2) is 0 Å². The van der Waals surface area contributed by atoms with Crippen LogP contribution in [0.1, 0.15) is 5.82 Å². The number of imidazole rings is 1. The lowest BCUT2D eigenvalue weighted by atomic mass is 10.3. The van der Waals surface area contributed by atoms with Crippen molar-refractivity contribution in [1.82, 2.24) is 9.97 Å². The minimum absolute atomic E-state index is 0.951. The average Bonchev–Trinajstić information content (AvgIpc) is 2.47. The van der Waals surface area contributed by atoms with E-state index < -0.39 is 0 Å². The molecule has 1 aromatic heterocycles. The first kappa shape index (κ1) is 7.80. The van der Waals surface area contributed by atoms with Crippen LogP contribution in [-0.4, -0.2) is 15.3 Å². The van der Waals surface area contributed by atoms with Crippen molar-refractivity contribution in [2.24, 2.45) is 0 Å². The number of rotatable bonds is 2. The molecule has 1 N–H and O–H groups in total. The molecule has 2 aromatic rings. The van der Waals surface area contributed by atoms with Gasteiger partial charge in [0.05, 0.1) is 11.0 Å². The van der Waals surface area contributed by atoms with Crippen LogP contribution < -0.4 is 0 Å². The van der Waals surface area contributed by atoms with Crippen LogP contribution in [0.25, 0.3) is 11.0 Å².